The lowest BCUT2D eigenvalue weighted by atomic mass is 9.53. The summed E-state index contributed by atoms with van der Waals surface area (Å²) in [6.45, 7) is 7.94. The summed E-state index contributed by atoms with van der Waals surface area (Å²) in [5.41, 5.74) is 3.80. The summed E-state index contributed by atoms with van der Waals surface area (Å²) < 4.78 is 65.1. The van der Waals surface area contributed by atoms with Crippen LogP contribution >= 0.6 is 11.3 Å². The average Bonchev–Trinajstić information content (AvgIpc) is 3.62. The van der Waals surface area contributed by atoms with Gasteiger partial charge in [0.05, 0.1) is 11.0 Å². The second-order valence-electron chi connectivity index (χ2n) is 14.8. The van der Waals surface area contributed by atoms with E-state index in [9.17, 15) is 21.6 Å². The number of aryl methyl sites for hydroxylation is 4. The van der Waals surface area contributed by atoms with Crippen LogP contribution in [0.15, 0.2) is 82.7 Å². The number of carbonyl (C=O) groups excluding carboxylic acids is 1. The Hall–Kier alpha value is -3.58. The van der Waals surface area contributed by atoms with Gasteiger partial charge in [-0.15, -0.1) is 11.3 Å². The fourth-order valence-corrected chi connectivity index (χ4v) is 11.8. The highest BCUT2D eigenvalue weighted by atomic mass is 32.2. The van der Waals surface area contributed by atoms with Crippen molar-refractivity contribution in [2.24, 2.45) is 23.2 Å². The van der Waals surface area contributed by atoms with E-state index in [4.69, 9.17) is 8.37 Å². The number of carbonyl (C=O) groups is 1. The summed E-state index contributed by atoms with van der Waals surface area (Å²) in [4.78, 5) is 18.7. The number of hydrogen-bond acceptors (Lipinski definition) is 9. The van der Waals surface area contributed by atoms with E-state index in [1.54, 1.807) is 60.8 Å². The largest absolute Gasteiger partial charge is 0.379 e. The SMILES string of the molecule is Cc1ccc(S(=O)(=O)Oc2ccc3c(c2)CCC2C3CCC3(C)C(OS(=O)(=O)c4ccc(C)cc4)CC(CCC(=O)Nc4ncc(C)s4)C23)cc1. The van der Waals surface area contributed by atoms with Gasteiger partial charge in [0, 0.05) is 17.5 Å². The molecule has 2 fully saturated rings. The minimum Gasteiger partial charge on any atom is -0.379 e. The molecule has 3 aliphatic rings. The molecule has 7 rings (SSSR count). The van der Waals surface area contributed by atoms with Crippen molar-refractivity contribution in [2.45, 2.75) is 94.5 Å². The smallest absolute Gasteiger partial charge is 0.339 e. The van der Waals surface area contributed by atoms with Gasteiger partial charge >= 0.3 is 10.1 Å². The van der Waals surface area contributed by atoms with E-state index >= 15 is 0 Å². The van der Waals surface area contributed by atoms with E-state index in [1.807, 2.05) is 32.9 Å². The van der Waals surface area contributed by atoms with Crippen molar-refractivity contribution in [1.29, 1.82) is 0 Å². The van der Waals surface area contributed by atoms with Crippen molar-refractivity contribution in [1.82, 2.24) is 4.98 Å². The maximum Gasteiger partial charge on any atom is 0.339 e. The second kappa shape index (κ2) is 13.8. The number of nitrogens with zero attached hydrogens (tertiary/aromatic N) is 1. The molecule has 9 nitrogen and oxygen atoms in total. The molecule has 0 bridgehead atoms. The molecule has 1 amide bonds. The third-order valence-electron chi connectivity index (χ3n) is 11.4. The van der Waals surface area contributed by atoms with Crippen LogP contribution in [0.3, 0.4) is 0 Å². The maximum absolute atomic E-state index is 13.6. The van der Waals surface area contributed by atoms with Crippen LogP contribution in [-0.2, 0) is 35.6 Å². The Bertz CT molecular complexity index is 2150. The topological polar surface area (TPSA) is 129 Å². The summed E-state index contributed by atoms with van der Waals surface area (Å²) in [7, 11) is -7.99. The fraction of sp³-hybridized carbons (Fsp3) is 0.436. The van der Waals surface area contributed by atoms with Crippen LogP contribution < -0.4 is 9.50 Å². The zero-order valence-electron chi connectivity index (χ0n) is 29.3. The van der Waals surface area contributed by atoms with E-state index in [2.05, 4.69) is 17.2 Å². The molecule has 2 saturated carbocycles. The van der Waals surface area contributed by atoms with Gasteiger partial charge in [0.1, 0.15) is 10.6 Å². The lowest BCUT2D eigenvalue weighted by Gasteiger charge is -2.51. The van der Waals surface area contributed by atoms with Gasteiger partial charge in [-0.2, -0.15) is 16.8 Å². The predicted octanol–water partition coefficient (Wildman–Crippen LogP) is 8.11. The number of rotatable bonds is 10. The number of nitrogens with one attached hydrogen (secondary N) is 1. The van der Waals surface area contributed by atoms with Crippen molar-refractivity contribution in [3.8, 4) is 5.75 Å². The van der Waals surface area contributed by atoms with Crippen molar-refractivity contribution in [2.75, 3.05) is 5.32 Å². The lowest BCUT2D eigenvalue weighted by Crippen LogP contribution is -2.46. The number of fused-ring (bicyclic) bond motifs is 5. The number of benzene rings is 3. The Labute approximate surface area is 305 Å². The minimum absolute atomic E-state index is 0.0774. The highest BCUT2D eigenvalue weighted by Crippen LogP contribution is 2.64. The number of anilines is 1. The molecule has 270 valence electrons. The highest BCUT2D eigenvalue weighted by molar-refractivity contribution is 7.87. The molecule has 0 saturated heterocycles. The van der Waals surface area contributed by atoms with Gasteiger partial charge in [0.2, 0.25) is 5.91 Å². The summed E-state index contributed by atoms with van der Waals surface area (Å²) in [5, 5.41) is 3.51. The van der Waals surface area contributed by atoms with Gasteiger partial charge in [0.15, 0.2) is 5.13 Å². The Morgan fingerprint density at radius 1 is 0.922 bits per heavy atom. The Morgan fingerprint density at radius 3 is 2.24 bits per heavy atom. The van der Waals surface area contributed by atoms with E-state index in [0.29, 0.717) is 30.1 Å². The molecule has 51 heavy (non-hydrogen) atoms. The Morgan fingerprint density at radius 2 is 1.59 bits per heavy atom. The number of amides is 1. The third-order valence-corrected chi connectivity index (χ3v) is 14.9. The van der Waals surface area contributed by atoms with Gasteiger partial charge in [0.25, 0.3) is 10.1 Å². The zero-order valence-corrected chi connectivity index (χ0v) is 31.7. The van der Waals surface area contributed by atoms with Crippen LogP contribution in [0.5, 0.6) is 5.75 Å². The molecule has 3 aromatic carbocycles. The van der Waals surface area contributed by atoms with Crippen molar-refractivity contribution < 1.29 is 30.0 Å². The lowest BCUT2D eigenvalue weighted by molar-refractivity contribution is -0.116. The van der Waals surface area contributed by atoms with Crippen molar-refractivity contribution in [3.63, 3.8) is 0 Å². The number of aromatic nitrogens is 1. The molecule has 1 N–H and O–H groups in total. The van der Waals surface area contributed by atoms with Crippen LogP contribution in [0.4, 0.5) is 5.13 Å². The first-order valence-electron chi connectivity index (χ1n) is 17.6. The molecule has 1 heterocycles. The predicted molar refractivity (Wildman–Crippen MR) is 197 cm³/mol. The minimum atomic E-state index is -4.01. The van der Waals surface area contributed by atoms with Crippen LogP contribution in [0, 0.1) is 43.9 Å². The molecule has 1 aromatic heterocycles. The molecule has 4 aromatic rings. The molecule has 6 atom stereocenters. The number of thiazole rings is 1. The molecule has 12 heteroatoms. The first kappa shape index (κ1) is 35.8. The first-order chi connectivity index (χ1) is 24.2. The van der Waals surface area contributed by atoms with E-state index in [1.165, 1.54) is 16.9 Å². The van der Waals surface area contributed by atoms with Crippen LogP contribution in [0.1, 0.15) is 78.5 Å². The van der Waals surface area contributed by atoms with Crippen molar-refractivity contribution >= 4 is 42.6 Å². The highest BCUT2D eigenvalue weighted by Gasteiger charge is 2.60. The fourth-order valence-electron chi connectivity index (χ4n) is 8.99. The Kier molecular flexibility index (Phi) is 9.66. The third kappa shape index (κ3) is 7.25. The average molecular weight is 749 g/mol. The second-order valence-corrected chi connectivity index (χ2v) is 19.2. The van der Waals surface area contributed by atoms with Crippen LogP contribution in [0.2, 0.25) is 0 Å². The summed E-state index contributed by atoms with van der Waals surface area (Å²) in [5.74, 6) is 0.880. The van der Waals surface area contributed by atoms with Gasteiger partial charge in [-0.1, -0.05) is 48.4 Å². The van der Waals surface area contributed by atoms with Crippen molar-refractivity contribution in [3.05, 3.63) is 100 Å². The summed E-state index contributed by atoms with van der Waals surface area (Å²) >= 11 is 1.44. The molecule has 6 unspecified atom stereocenters. The zero-order chi connectivity index (χ0) is 36.1. The van der Waals surface area contributed by atoms with E-state index in [0.717, 1.165) is 47.3 Å². The summed E-state index contributed by atoms with van der Waals surface area (Å²) in [6, 6.07) is 19.0. The molecular weight excluding hydrogens is 705 g/mol. The molecule has 3 aliphatic carbocycles. The van der Waals surface area contributed by atoms with E-state index in [-0.39, 0.29) is 39.4 Å². The van der Waals surface area contributed by atoms with Gasteiger partial charge in [-0.3, -0.25) is 8.98 Å². The maximum atomic E-state index is 13.6. The summed E-state index contributed by atoms with van der Waals surface area (Å²) in [6.07, 6.45) is 5.92. The normalized spacial score (nSPS) is 25.8. The first-order valence-corrected chi connectivity index (χ1v) is 21.2. The van der Waals surface area contributed by atoms with E-state index < -0.39 is 31.8 Å². The quantitative estimate of drug-likeness (QED) is 0.161. The molecule has 0 aliphatic heterocycles. The number of hydrogen-bond donors (Lipinski definition) is 1. The van der Waals surface area contributed by atoms with Gasteiger partial charge in [-0.25, -0.2) is 4.98 Å². The Balaban J connectivity index is 1.14. The van der Waals surface area contributed by atoms with Gasteiger partial charge in [-0.05, 0) is 136 Å². The van der Waals surface area contributed by atoms with Crippen LogP contribution in [0.25, 0.3) is 0 Å². The molecular formula is C39H44N2O7S3. The standard InChI is InChI=1S/C39H44N2O7S3/c1-24-5-12-30(13-6-24)50(43,44)47-29-11-17-32-27(21-29)9-16-34-33(32)19-20-39(4)35(48-51(45,46)31-14-7-25(2)8-15-31)22-28(37(34)39)10-18-36(42)41-38-40-23-26(3)49-38/h5-8,11-15,17,21,23,28,33-35,37H,9-10,16,18-20,22H2,1-4H3,(H,40,41,42). The van der Waals surface area contributed by atoms with Crippen LogP contribution in [-0.4, -0.2) is 33.8 Å². The molecule has 0 radical (unpaired) electrons. The monoisotopic (exact) mass is 748 g/mol. The van der Waals surface area contributed by atoms with Gasteiger partial charge < -0.3 is 9.50 Å². The molecule has 0 spiro atoms.